The molecule has 0 amide bonds. The number of hydrogen-bond donors (Lipinski definition) is 1. The molecule has 0 saturated heterocycles. The average molecular weight is 181 g/mol. The summed E-state index contributed by atoms with van der Waals surface area (Å²) >= 11 is 5.67. The van der Waals surface area contributed by atoms with Gasteiger partial charge in [-0.2, -0.15) is 0 Å². The van der Waals surface area contributed by atoms with Crippen molar-refractivity contribution >= 4 is 17.4 Å². The molecule has 2 nitrogen and oxygen atoms in total. The van der Waals surface area contributed by atoms with E-state index < -0.39 is 0 Å². The summed E-state index contributed by atoms with van der Waals surface area (Å²) in [6, 6.07) is 5.42. The third kappa shape index (κ3) is 2.81. The Hall–Kier alpha value is -1.20. The smallest absolute Gasteiger partial charge is 0.131 e. The zero-order chi connectivity index (χ0) is 8.81. The van der Waals surface area contributed by atoms with E-state index >= 15 is 0 Å². The molecule has 0 aliphatic heterocycles. The monoisotopic (exact) mass is 180 g/mol. The van der Waals surface area contributed by atoms with Crippen LogP contribution in [0.15, 0.2) is 18.2 Å². The summed E-state index contributed by atoms with van der Waals surface area (Å²) in [6.07, 6.45) is 5.77. The molecule has 12 heavy (non-hydrogen) atoms. The highest BCUT2D eigenvalue weighted by molar-refractivity contribution is 6.29. The second kappa shape index (κ2) is 4.63. The maximum atomic E-state index is 5.67. The average Bonchev–Trinajstić information content (AvgIpc) is 2.05. The second-order valence-corrected chi connectivity index (χ2v) is 2.61. The number of rotatable bonds is 3. The quantitative estimate of drug-likeness (QED) is 0.438. The van der Waals surface area contributed by atoms with Gasteiger partial charge in [0.1, 0.15) is 11.0 Å². The number of nitrogens with zero attached hydrogens (tertiary/aromatic N) is 1. The first kappa shape index (κ1) is 8.89. The summed E-state index contributed by atoms with van der Waals surface area (Å²) in [5.41, 5.74) is 0. The van der Waals surface area contributed by atoms with Crippen molar-refractivity contribution in [1.29, 1.82) is 0 Å². The molecule has 1 N–H and O–H groups in total. The molecule has 0 aliphatic carbocycles. The molecule has 0 unspecified atom stereocenters. The van der Waals surface area contributed by atoms with Crippen LogP contribution in [0.1, 0.15) is 6.42 Å². The van der Waals surface area contributed by atoms with Gasteiger partial charge in [-0.15, -0.1) is 12.3 Å². The van der Waals surface area contributed by atoms with Gasteiger partial charge < -0.3 is 5.32 Å². The minimum atomic E-state index is 0.487. The molecule has 0 fully saturated rings. The predicted octanol–water partition coefficient (Wildman–Crippen LogP) is 2.17. The Bertz CT molecular complexity index is 291. The summed E-state index contributed by atoms with van der Waals surface area (Å²) in [4.78, 5) is 4.03. The Morgan fingerprint density at radius 2 is 2.42 bits per heavy atom. The number of pyridine rings is 1. The van der Waals surface area contributed by atoms with Gasteiger partial charge in [-0.1, -0.05) is 17.7 Å². The molecule has 1 heterocycles. The van der Waals surface area contributed by atoms with Crippen LogP contribution in [0.25, 0.3) is 0 Å². The molecule has 3 heteroatoms. The summed E-state index contributed by atoms with van der Waals surface area (Å²) in [6.45, 7) is 0.726. The molecule has 1 aromatic rings. The molecular weight excluding hydrogens is 172 g/mol. The number of nitrogens with one attached hydrogen (secondary N) is 1. The Kier molecular flexibility index (Phi) is 3.43. The van der Waals surface area contributed by atoms with Gasteiger partial charge in [0.2, 0.25) is 0 Å². The van der Waals surface area contributed by atoms with E-state index in [1.165, 1.54) is 0 Å². The van der Waals surface area contributed by atoms with Crippen molar-refractivity contribution in [3.8, 4) is 12.3 Å². The fraction of sp³-hybridized carbons (Fsp3) is 0.222. The molecule has 0 atom stereocenters. The molecule has 0 aliphatic rings. The number of hydrogen-bond acceptors (Lipinski definition) is 2. The fourth-order valence-corrected chi connectivity index (χ4v) is 0.933. The van der Waals surface area contributed by atoms with E-state index in [9.17, 15) is 0 Å². The number of aromatic nitrogens is 1. The van der Waals surface area contributed by atoms with E-state index in [2.05, 4.69) is 16.2 Å². The van der Waals surface area contributed by atoms with Gasteiger partial charge in [-0.05, 0) is 12.1 Å². The largest absolute Gasteiger partial charge is 0.369 e. The summed E-state index contributed by atoms with van der Waals surface area (Å²) < 4.78 is 0. The molecule has 62 valence electrons. The first-order valence-corrected chi connectivity index (χ1v) is 4.00. The molecule has 1 rings (SSSR count). The molecular formula is C9H9ClN2. The predicted molar refractivity (Wildman–Crippen MR) is 51.2 cm³/mol. The fourth-order valence-electron chi connectivity index (χ4n) is 0.769. The van der Waals surface area contributed by atoms with Crippen LogP contribution in [0.2, 0.25) is 5.15 Å². The molecule has 1 aromatic heterocycles. The Labute approximate surface area is 77.0 Å². The van der Waals surface area contributed by atoms with Crippen LogP contribution in [0.5, 0.6) is 0 Å². The lowest BCUT2D eigenvalue weighted by molar-refractivity contribution is 1.07. The highest BCUT2D eigenvalue weighted by Crippen LogP contribution is 2.08. The second-order valence-electron chi connectivity index (χ2n) is 2.23. The van der Waals surface area contributed by atoms with Gasteiger partial charge in [0.05, 0.1) is 0 Å². The third-order valence-corrected chi connectivity index (χ3v) is 1.50. The zero-order valence-electron chi connectivity index (χ0n) is 6.55. The van der Waals surface area contributed by atoms with Gasteiger partial charge in [0.15, 0.2) is 0 Å². The summed E-state index contributed by atoms with van der Waals surface area (Å²) in [5, 5.41) is 3.54. The van der Waals surface area contributed by atoms with E-state index in [-0.39, 0.29) is 0 Å². The van der Waals surface area contributed by atoms with Crippen LogP contribution in [-0.4, -0.2) is 11.5 Å². The van der Waals surface area contributed by atoms with Gasteiger partial charge >= 0.3 is 0 Å². The normalized spacial score (nSPS) is 9.00. The van der Waals surface area contributed by atoms with Crippen LogP contribution in [0, 0.1) is 12.3 Å². The molecule has 0 bridgehead atoms. The van der Waals surface area contributed by atoms with Crippen molar-refractivity contribution in [2.75, 3.05) is 11.9 Å². The van der Waals surface area contributed by atoms with Crippen LogP contribution in [-0.2, 0) is 0 Å². The van der Waals surface area contributed by atoms with E-state index in [0.717, 1.165) is 12.4 Å². The maximum Gasteiger partial charge on any atom is 0.131 e. The first-order chi connectivity index (χ1) is 5.83. The van der Waals surface area contributed by atoms with Crippen molar-refractivity contribution < 1.29 is 0 Å². The zero-order valence-corrected chi connectivity index (χ0v) is 7.30. The summed E-state index contributed by atoms with van der Waals surface area (Å²) in [5.74, 6) is 3.29. The first-order valence-electron chi connectivity index (χ1n) is 3.63. The number of halogens is 1. The standard InChI is InChI=1S/C9H9ClN2/c1-2-3-7-11-9-6-4-5-8(10)12-9/h1,4-6H,3,7H2,(H,11,12). The molecule has 0 spiro atoms. The topological polar surface area (TPSA) is 24.9 Å². The van der Waals surface area contributed by atoms with Crippen molar-refractivity contribution in [3.05, 3.63) is 23.4 Å². The Morgan fingerprint density at radius 3 is 3.08 bits per heavy atom. The summed E-state index contributed by atoms with van der Waals surface area (Å²) in [7, 11) is 0. The van der Waals surface area contributed by atoms with E-state index in [1.807, 2.05) is 12.1 Å². The van der Waals surface area contributed by atoms with Crippen LogP contribution in [0.3, 0.4) is 0 Å². The van der Waals surface area contributed by atoms with E-state index in [0.29, 0.717) is 11.6 Å². The number of terminal acetylenes is 1. The van der Waals surface area contributed by atoms with Crippen molar-refractivity contribution in [2.45, 2.75) is 6.42 Å². The molecule has 0 radical (unpaired) electrons. The van der Waals surface area contributed by atoms with Crippen LogP contribution >= 0.6 is 11.6 Å². The lowest BCUT2D eigenvalue weighted by Crippen LogP contribution is -2.01. The molecule has 0 saturated carbocycles. The van der Waals surface area contributed by atoms with Crippen molar-refractivity contribution in [3.63, 3.8) is 0 Å². The van der Waals surface area contributed by atoms with E-state index in [1.54, 1.807) is 6.07 Å². The van der Waals surface area contributed by atoms with Gasteiger partial charge in [0, 0.05) is 13.0 Å². The lowest BCUT2D eigenvalue weighted by Gasteiger charge is -2.01. The minimum Gasteiger partial charge on any atom is -0.369 e. The molecule has 0 aromatic carbocycles. The minimum absolute atomic E-state index is 0.487. The Morgan fingerprint density at radius 1 is 1.58 bits per heavy atom. The SMILES string of the molecule is C#CCCNc1cccc(Cl)n1. The van der Waals surface area contributed by atoms with Gasteiger partial charge in [-0.25, -0.2) is 4.98 Å². The van der Waals surface area contributed by atoms with Gasteiger partial charge in [-0.3, -0.25) is 0 Å². The van der Waals surface area contributed by atoms with Crippen molar-refractivity contribution in [2.24, 2.45) is 0 Å². The van der Waals surface area contributed by atoms with E-state index in [4.69, 9.17) is 18.0 Å². The van der Waals surface area contributed by atoms with Gasteiger partial charge in [0.25, 0.3) is 0 Å². The highest BCUT2D eigenvalue weighted by Gasteiger charge is 1.92. The Balaban J connectivity index is 2.48. The highest BCUT2D eigenvalue weighted by atomic mass is 35.5. The van der Waals surface area contributed by atoms with Crippen LogP contribution in [0.4, 0.5) is 5.82 Å². The number of anilines is 1. The van der Waals surface area contributed by atoms with Crippen molar-refractivity contribution in [1.82, 2.24) is 4.98 Å². The lowest BCUT2D eigenvalue weighted by atomic mass is 10.4. The van der Waals surface area contributed by atoms with Crippen LogP contribution < -0.4 is 5.32 Å². The third-order valence-electron chi connectivity index (χ3n) is 1.29. The maximum absolute atomic E-state index is 5.67.